The third kappa shape index (κ3) is 4.95. The lowest BCUT2D eigenvalue weighted by Gasteiger charge is -2.40. The molecular weight excluding hydrogens is 547 g/mol. The molecule has 11 heteroatoms. The first-order valence-electron chi connectivity index (χ1n) is 13.7. The predicted octanol–water partition coefficient (Wildman–Crippen LogP) is 5.11. The van der Waals surface area contributed by atoms with Gasteiger partial charge in [0.05, 0.1) is 22.2 Å². The fourth-order valence-electron chi connectivity index (χ4n) is 5.96. The Bertz CT molecular complexity index is 1660. The van der Waals surface area contributed by atoms with Gasteiger partial charge in [-0.15, -0.1) is 0 Å². The van der Waals surface area contributed by atoms with Crippen LogP contribution in [-0.2, 0) is 4.79 Å². The number of furan rings is 1. The molecule has 2 aromatic carbocycles. The summed E-state index contributed by atoms with van der Waals surface area (Å²) < 4.78 is 26.9. The van der Waals surface area contributed by atoms with Gasteiger partial charge in [-0.3, -0.25) is 4.79 Å². The molecule has 0 aliphatic carbocycles. The molecule has 41 heavy (non-hydrogen) atoms. The van der Waals surface area contributed by atoms with Crippen LogP contribution >= 0.6 is 11.6 Å². The van der Waals surface area contributed by atoms with Crippen molar-refractivity contribution >= 4 is 50.9 Å². The van der Waals surface area contributed by atoms with Gasteiger partial charge in [-0.05, 0) is 69.3 Å². The number of nitrogens with zero attached hydrogens (tertiary/aromatic N) is 5. The number of ether oxygens (including phenoxy) is 1. The summed E-state index contributed by atoms with van der Waals surface area (Å²) in [5.41, 5.74) is 8.45. The number of nitrogens with two attached hydrogens (primary N) is 1. The van der Waals surface area contributed by atoms with Gasteiger partial charge in [0.1, 0.15) is 23.8 Å². The van der Waals surface area contributed by atoms with Crippen molar-refractivity contribution in [3.63, 3.8) is 0 Å². The Balaban J connectivity index is 1.51. The smallest absolute Gasteiger partial charge is 0.319 e. The SMILES string of the molecule is C=CC(=O)N1CCN(c2nc(OC[C@@H]3CCCN3C)nc3cc(-c4cc(N)cc(F)c4Cl)c4ccoc4c23)[C@@H](C)C1. The number of likely N-dealkylation sites (N-methyl/N-ethyl adjacent to an activating group) is 1. The van der Waals surface area contributed by atoms with Gasteiger partial charge in [-0.2, -0.15) is 9.97 Å². The molecule has 1 amide bonds. The Morgan fingerprint density at radius 1 is 1.27 bits per heavy atom. The molecule has 9 nitrogen and oxygen atoms in total. The monoisotopic (exact) mass is 578 g/mol. The summed E-state index contributed by atoms with van der Waals surface area (Å²) in [5.74, 6) is -0.0512. The van der Waals surface area contributed by atoms with Crippen LogP contribution in [0.15, 0.2) is 47.6 Å². The van der Waals surface area contributed by atoms with Crippen LogP contribution in [0.5, 0.6) is 6.01 Å². The number of amides is 1. The molecule has 4 heterocycles. The summed E-state index contributed by atoms with van der Waals surface area (Å²) >= 11 is 6.44. The molecule has 2 aliphatic rings. The largest absolute Gasteiger partial charge is 0.463 e. The minimum atomic E-state index is -0.604. The second kappa shape index (κ2) is 10.8. The Kier molecular flexibility index (Phi) is 7.21. The quantitative estimate of drug-likeness (QED) is 0.249. The number of likely N-dealkylation sites (tertiary alicyclic amines) is 1. The molecule has 0 radical (unpaired) electrons. The fourth-order valence-corrected chi connectivity index (χ4v) is 6.17. The lowest BCUT2D eigenvalue weighted by molar-refractivity contribution is -0.126. The van der Waals surface area contributed by atoms with E-state index in [1.807, 2.05) is 19.1 Å². The van der Waals surface area contributed by atoms with Gasteiger partial charge < -0.3 is 29.6 Å². The molecule has 2 saturated heterocycles. The topological polar surface area (TPSA) is 101 Å². The highest BCUT2D eigenvalue weighted by atomic mass is 35.5. The van der Waals surface area contributed by atoms with Gasteiger partial charge in [-0.25, -0.2) is 4.39 Å². The van der Waals surface area contributed by atoms with Gasteiger partial charge in [0, 0.05) is 48.4 Å². The summed E-state index contributed by atoms with van der Waals surface area (Å²) in [5, 5.41) is 1.39. The predicted molar refractivity (Wildman–Crippen MR) is 159 cm³/mol. The van der Waals surface area contributed by atoms with Gasteiger partial charge >= 0.3 is 6.01 Å². The highest BCUT2D eigenvalue weighted by molar-refractivity contribution is 6.34. The minimum Gasteiger partial charge on any atom is -0.463 e. The highest BCUT2D eigenvalue weighted by Gasteiger charge is 2.31. The zero-order chi connectivity index (χ0) is 28.8. The van der Waals surface area contributed by atoms with Crippen LogP contribution in [-0.4, -0.2) is 77.6 Å². The van der Waals surface area contributed by atoms with Gasteiger partial charge in [0.15, 0.2) is 0 Å². The van der Waals surface area contributed by atoms with E-state index in [9.17, 15) is 9.18 Å². The second-order valence-electron chi connectivity index (χ2n) is 10.8. The van der Waals surface area contributed by atoms with Crippen molar-refractivity contribution < 1.29 is 18.3 Å². The van der Waals surface area contributed by atoms with Crippen molar-refractivity contribution in [3.05, 3.63) is 54.0 Å². The molecule has 0 unspecified atom stereocenters. The number of benzene rings is 2. The van der Waals surface area contributed by atoms with Crippen LogP contribution in [0.4, 0.5) is 15.9 Å². The van der Waals surface area contributed by atoms with Crippen molar-refractivity contribution in [1.82, 2.24) is 19.8 Å². The van der Waals surface area contributed by atoms with Gasteiger partial charge in [0.2, 0.25) is 5.91 Å². The maximum absolute atomic E-state index is 14.6. The van der Waals surface area contributed by atoms with Crippen molar-refractivity contribution in [1.29, 1.82) is 0 Å². The van der Waals surface area contributed by atoms with Crippen LogP contribution < -0.4 is 15.4 Å². The number of hydrogen-bond acceptors (Lipinski definition) is 8. The van der Waals surface area contributed by atoms with E-state index in [2.05, 4.69) is 23.4 Å². The molecule has 4 aromatic rings. The number of aromatic nitrogens is 2. The summed E-state index contributed by atoms with van der Waals surface area (Å²) in [6.07, 6.45) is 5.09. The zero-order valence-corrected chi connectivity index (χ0v) is 23.8. The third-order valence-corrected chi connectivity index (χ3v) is 8.55. The first kappa shape index (κ1) is 27.3. The lowest BCUT2D eigenvalue weighted by atomic mass is 9.98. The number of fused-ring (bicyclic) bond motifs is 3. The van der Waals surface area contributed by atoms with E-state index in [1.54, 1.807) is 17.2 Å². The molecule has 2 aromatic heterocycles. The van der Waals surface area contributed by atoms with Crippen LogP contribution in [0.3, 0.4) is 0 Å². The highest BCUT2D eigenvalue weighted by Crippen LogP contribution is 2.43. The van der Waals surface area contributed by atoms with E-state index in [-0.39, 0.29) is 34.7 Å². The maximum Gasteiger partial charge on any atom is 0.319 e. The Hall–Kier alpha value is -3.89. The summed E-state index contributed by atoms with van der Waals surface area (Å²) in [6, 6.07) is 6.98. The molecular formula is C30H32ClFN6O3. The molecule has 2 aliphatic heterocycles. The average molecular weight is 579 g/mol. The Labute approximate surface area is 242 Å². The molecule has 0 bridgehead atoms. The normalized spacial score (nSPS) is 19.8. The molecule has 6 rings (SSSR count). The molecule has 2 atom stereocenters. The molecule has 214 valence electrons. The zero-order valence-electron chi connectivity index (χ0n) is 23.1. The number of piperazine rings is 1. The Morgan fingerprint density at radius 2 is 2.10 bits per heavy atom. The fraction of sp³-hybridized carbons (Fsp3) is 0.367. The van der Waals surface area contributed by atoms with Crippen molar-refractivity contribution in [3.8, 4) is 17.1 Å². The van der Waals surface area contributed by atoms with E-state index in [1.165, 1.54) is 12.1 Å². The molecule has 2 N–H and O–H groups in total. The van der Waals surface area contributed by atoms with Gasteiger partial charge in [-0.1, -0.05) is 18.2 Å². The van der Waals surface area contributed by atoms with E-state index in [4.69, 9.17) is 36.5 Å². The first-order valence-corrected chi connectivity index (χ1v) is 14.1. The molecule has 2 fully saturated rings. The van der Waals surface area contributed by atoms with Crippen molar-refractivity contribution in [2.75, 3.05) is 50.5 Å². The molecule has 0 spiro atoms. The number of carbonyl (C=O) groups excluding carboxylic acids is 1. The van der Waals surface area contributed by atoms with E-state index in [0.717, 1.165) is 24.8 Å². The summed E-state index contributed by atoms with van der Waals surface area (Å²) in [7, 11) is 2.09. The van der Waals surface area contributed by atoms with Crippen LogP contribution in [0.1, 0.15) is 19.8 Å². The van der Waals surface area contributed by atoms with Crippen molar-refractivity contribution in [2.45, 2.75) is 31.8 Å². The molecule has 0 saturated carbocycles. The first-order chi connectivity index (χ1) is 19.7. The number of halogens is 2. The Morgan fingerprint density at radius 3 is 2.83 bits per heavy atom. The van der Waals surface area contributed by atoms with Crippen LogP contribution in [0.25, 0.3) is 33.0 Å². The third-order valence-electron chi connectivity index (χ3n) is 8.16. The minimum absolute atomic E-state index is 0.0345. The number of anilines is 2. The average Bonchev–Trinajstić information content (AvgIpc) is 3.61. The number of hydrogen-bond donors (Lipinski definition) is 1. The number of carbonyl (C=O) groups is 1. The number of rotatable bonds is 6. The lowest BCUT2D eigenvalue weighted by Crippen LogP contribution is -2.53. The summed E-state index contributed by atoms with van der Waals surface area (Å²) in [4.78, 5) is 28.3. The van der Waals surface area contributed by atoms with E-state index >= 15 is 0 Å². The second-order valence-corrected chi connectivity index (χ2v) is 11.2. The summed E-state index contributed by atoms with van der Waals surface area (Å²) in [6.45, 7) is 8.74. The van der Waals surface area contributed by atoms with Crippen LogP contribution in [0.2, 0.25) is 5.02 Å². The van der Waals surface area contributed by atoms with Crippen molar-refractivity contribution in [2.24, 2.45) is 0 Å². The van der Waals surface area contributed by atoms with E-state index in [0.29, 0.717) is 59.7 Å². The standard InChI is InChI=1S/C30H32ClFN6O3/c1-4-25(39)37-9-10-38(17(2)15-37)29-26-24(34-30(35-29)41-16-19-6-5-8-36(19)3)14-21(20-7-11-40-28(20)26)22-12-18(33)13-23(32)27(22)31/h4,7,11-14,17,19H,1,5-6,8-10,15-16,33H2,2-3H3/t17-,19-/m0/s1. The maximum atomic E-state index is 14.6. The van der Waals surface area contributed by atoms with Crippen LogP contribution in [0, 0.1) is 5.82 Å². The van der Waals surface area contributed by atoms with E-state index < -0.39 is 5.82 Å². The van der Waals surface area contributed by atoms with Gasteiger partial charge in [0.25, 0.3) is 0 Å². The number of nitrogen functional groups attached to an aromatic ring is 1.